The first-order valence-corrected chi connectivity index (χ1v) is 4.44. The van der Waals surface area contributed by atoms with Gasteiger partial charge in [-0.25, -0.2) is 0 Å². The Morgan fingerprint density at radius 2 is 2.08 bits per heavy atom. The van der Waals surface area contributed by atoms with Gasteiger partial charge in [0, 0.05) is 13.2 Å². The zero-order valence-electron chi connectivity index (χ0n) is 7.76. The van der Waals surface area contributed by atoms with Crippen LogP contribution in [0.1, 0.15) is 26.7 Å². The van der Waals surface area contributed by atoms with Gasteiger partial charge in [0.25, 0.3) is 0 Å². The van der Waals surface area contributed by atoms with E-state index in [1.165, 1.54) is 0 Å². The van der Waals surface area contributed by atoms with Gasteiger partial charge in [-0.1, -0.05) is 0 Å². The van der Waals surface area contributed by atoms with Gasteiger partial charge in [-0.05, 0) is 26.7 Å². The van der Waals surface area contributed by atoms with Gasteiger partial charge < -0.3 is 9.47 Å². The van der Waals surface area contributed by atoms with Gasteiger partial charge in [0.15, 0.2) is 0 Å². The van der Waals surface area contributed by atoms with E-state index in [1.54, 1.807) is 0 Å². The van der Waals surface area contributed by atoms with E-state index < -0.39 is 0 Å². The molecule has 0 unspecified atom stereocenters. The van der Waals surface area contributed by atoms with E-state index in [9.17, 15) is 4.79 Å². The number of carbonyl (C=O) groups is 1. The number of ether oxygens (including phenoxy) is 2. The topological polar surface area (TPSA) is 35.5 Å². The summed E-state index contributed by atoms with van der Waals surface area (Å²) in [7, 11) is 0. The molecule has 3 heteroatoms. The molecule has 70 valence electrons. The zero-order chi connectivity index (χ0) is 9.03. The highest BCUT2D eigenvalue weighted by atomic mass is 16.5. The lowest BCUT2D eigenvalue weighted by molar-refractivity contribution is -0.159. The van der Waals surface area contributed by atoms with Crippen LogP contribution in [0.15, 0.2) is 0 Å². The van der Waals surface area contributed by atoms with E-state index in [4.69, 9.17) is 9.47 Å². The number of rotatable bonds is 2. The van der Waals surface area contributed by atoms with Gasteiger partial charge in [0.1, 0.15) is 0 Å². The minimum Gasteiger partial charge on any atom is -0.466 e. The summed E-state index contributed by atoms with van der Waals surface area (Å²) < 4.78 is 10.2. The predicted molar refractivity (Wildman–Crippen MR) is 44.8 cm³/mol. The lowest BCUT2D eigenvalue weighted by Gasteiger charge is -2.30. The van der Waals surface area contributed by atoms with E-state index >= 15 is 0 Å². The van der Waals surface area contributed by atoms with E-state index in [-0.39, 0.29) is 11.4 Å². The second kappa shape index (κ2) is 3.90. The maximum absolute atomic E-state index is 11.4. The first kappa shape index (κ1) is 9.52. The Bertz CT molecular complexity index is 159. The molecule has 0 atom stereocenters. The van der Waals surface area contributed by atoms with E-state index in [0.717, 1.165) is 12.8 Å². The fraction of sp³-hybridized carbons (Fsp3) is 0.889. The molecule has 0 aliphatic carbocycles. The third-order valence-electron chi connectivity index (χ3n) is 2.36. The lowest BCUT2D eigenvalue weighted by atomic mass is 9.82. The molecule has 1 aliphatic rings. The van der Waals surface area contributed by atoms with Crippen molar-refractivity contribution in [2.45, 2.75) is 26.7 Å². The lowest BCUT2D eigenvalue weighted by Crippen LogP contribution is -2.35. The van der Waals surface area contributed by atoms with Crippen LogP contribution >= 0.6 is 0 Å². The molecule has 1 heterocycles. The molecule has 0 saturated carbocycles. The van der Waals surface area contributed by atoms with Gasteiger partial charge in [-0.3, -0.25) is 4.79 Å². The van der Waals surface area contributed by atoms with Crippen LogP contribution in [0.5, 0.6) is 0 Å². The molecule has 0 aromatic carbocycles. The summed E-state index contributed by atoms with van der Waals surface area (Å²) in [5.74, 6) is -0.0756. The van der Waals surface area contributed by atoms with Crippen LogP contribution in [0.25, 0.3) is 0 Å². The normalized spacial score (nSPS) is 21.8. The van der Waals surface area contributed by atoms with Crippen molar-refractivity contribution in [3.8, 4) is 0 Å². The highest BCUT2D eigenvalue weighted by Gasteiger charge is 2.36. The molecular formula is C9H16O3. The zero-order valence-corrected chi connectivity index (χ0v) is 7.76. The Balaban J connectivity index is 2.50. The number of carbonyl (C=O) groups excluding carboxylic acids is 1. The number of esters is 1. The van der Waals surface area contributed by atoms with Crippen LogP contribution in [0.4, 0.5) is 0 Å². The first-order chi connectivity index (χ1) is 5.69. The molecule has 0 bridgehead atoms. The van der Waals surface area contributed by atoms with Gasteiger partial charge in [0.05, 0.1) is 12.0 Å². The van der Waals surface area contributed by atoms with Crippen LogP contribution in [0, 0.1) is 5.41 Å². The number of hydrogen-bond acceptors (Lipinski definition) is 3. The average Bonchev–Trinajstić information content (AvgIpc) is 2.06. The summed E-state index contributed by atoms with van der Waals surface area (Å²) in [6.45, 7) is 5.61. The SMILES string of the molecule is CCOC(=O)C1(C)CCOCC1. The van der Waals surface area contributed by atoms with Crippen molar-refractivity contribution in [3.05, 3.63) is 0 Å². The van der Waals surface area contributed by atoms with Gasteiger partial charge >= 0.3 is 5.97 Å². The smallest absolute Gasteiger partial charge is 0.311 e. The third kappa shape index (κ3) is 1.97. The molecule has 0 aromatic heterocycles. The van der Waals surface area contributed by atoms with E-state index in [1.807, 2.05) is 13.8 Å². The molecule has 0 amide bonds. The molecule has 1 fully saturated rings. The Kier molecular flexibility index (Phi) is 3.09. The maximum atomic E-state index is 11.4. The van der Waals surface area contributed by atoms with Crippen LogP contribution in [-0.4, -0.2) is 25.8 Å². The average molecular weight is 172 g/mol. The van der Waals surface area contributed by atoms with Crippen molar-refractivity contribution in [2.24, 2.45) is 5.41 Å². The Morgan fingerprint density at radius 3 is 2.58 bits per heavy atom. The van der Waals surface area contributed by atoms with Crippen LogP contribution in [0.2, 0.25) is 0 Å². The molecule has 0 spiro atoms. The second-order valence-electron chi connectivity index (χ2n) is 3.39. The molecule has 1 aliphatic heterocycles. The summed E-state index contributed by atoms with van der Waals surface area (Å²) in [5, 5.41) is 0. The van der Waals surface area contributed by atoms with Crippen molar-refractivity contribution in [2.75, 3.05) is 19.8 Å². The standard InChI is InChI=1S/C9H16O3/c1-3-12-8(10)9(2)4-6-11-7-5-9/h3-7H2,1-2H3. The maximum Gasteiger partial charge on any atom is 0.311 e. The fourth-order valence-corrected chi connectivity index (χ4v) is 1.33. The molecule has 0 aromatic rings. The van der Waals surface area contributed by atoms with E-state index in [2.05, 4.69) is 0 Å². The molecule has 12 heavy (non-hydrogen) atoms. The van der Waals surface area contributed by atoms with Crippen LogP contribution in [-0.2, 0) is 14.3 Å². The van der Waals surface area contributed by atoms with Crippen molar-refractivity contribution in [1.82, 2.24) is 0 Å². The molecule has 0 radical (unpaired) electrons. The summed E-state index contributed by atoms with van der Waals surface area (Å²) in [4.78, 5) is 11.4. The summed E-state index contributed by atoms with van der Waals surface area (Å²) in [6, 6.07) is 0. The van der Waals surface area contributed by atoms with E-state index in [0.29, 0.717) is 19.8 Å². The monoisotopic (exact) mass is 172 g/mol. The van der Waals surface area contributed by atoms with Gasteiger partial charge in [0.2, 0.25) is 0 Å². The fourth-order valence-electron chi connectivity index (χ4n) is 1.33. The molecular weight excluding hydrogens is 156 g/mol. The molecule has 3 nitrogen and oxygen atoms in total. The molecule has 1 saturated heterocycles. The first-order valence-electron chi connectivity index (χ1n) is 4.44. The molecule has 1 rings (SSSR count). The summed E-state index contributed by atoms with van der Waals surface area (Å²) >= 11 is 0. The van der Waals surface area contributed by atoms with Crippen LogP contribution < -0.4 is 0 Å². The van der Waals surface area contributed by atoms with Gasteiger partial charge in [-0.2, -0.15) is 0 Å². The Labute approximate surface area is 73.0 Å². The molecule has 0 N–H and O–H groups in total. The quantitative estimate of drug-likeness (QED) is 0.590. The highest BCUT2D eigenvalue weighted by molar-refractivity contribution is 5.76. The minimum atomic E-state index is -0.297. The van der Waals surface area contributed by atoms with Gasteiger partial charge in [-0.15, -0.1) is 0 Å². The largest absolute Gasteiger partial charge is 0.466 e. The predicted octanol–water partition coefficient (Wildman–Crippen LogP) is 1.37. The van der Waals surface area contributed by atoms with Crippen molar-refractivity contribution in [3.63, 3.8) is 0 Å². The van der Waals surface area contributed by atoms with Crippen molar-refractivity contribution >= 4 is 5.97 Å². The highest BCUT2D eigenvalue weighted by Crippen LogP contribution is 2.30. The summed E-state index contributed by atoms with van der Waals surface area (Å²) in [5.41, 5.74) is -0.297. The van der Waals surface area contributed by atoms with Crippen molar-refractivity contribution < 1.29 is 14.3 Å². The number of hydrogen-bond donors (Lipinski definition) is 0. The summed E-state index contributed by atoms with van der Waals surface area (Å²) in [6.07, 6.45) is 1.57. The third-order valence-corrected chi connectivity index (χ3v) is 2.36. The Hall–Kier alpha value is -0.570. The Morgan fingerprint density at radius 1 is 1.50 bits per heavy atom. The van der Waals surface area contributed by atoms with Crippen molar-refractivity contribution in [1.29, 1.82) is 0 Å². The van der Waals surface area contributed by atoms with Crippen LogP contribution in [0.3, 0.4) is 0 Å². The minimum absolute atomic E-state index is 0.0756. The second-order valence-corrected chi connectivity index (χ2v) is 3.39.